The molecule has 4 rings (SSSR count). The van der Waals surface area contributed by atoms with Gasteiger partial charge in [-0.25, -0.2) is 4.98 Å². The van der Waals surface area contributed by atoms with Crippen LogP contribution in [-0.4, -0.2) is 46.9 Å². The van der Waals surface area contributed by atoms with E-state index in [1.807, 2.05) is 43.5 Å². The zero-order valence-electron chi connectivity index (χ0n) is 16.0. The molecule has 3 heterocycles. The number of allylic oxidation sites excluding steroid dienone is 2. The van der Waals surface area contributed by atoms with E-state index in [4.69, 9.17) is 4.42 Å². The van der Waals surface area contributed by atoms with E-state index in [2.05, 4.69) is 21.8 Å². The lowest BCUT2D eigenvalue weighted by molar-refractivity contribution is -0.122. The maximum Gasteiger partial charge on any atom is 0.255 e. The van der Waals surface area contributed by atoms with Gasteiger partial charge in [0.25, 0.3) is 5.91 Å². The summed E-state index contributed by atoms with van der Waals surface area (Å²) in [6, 6.07) is 5.74. The molecule has 28 heavy (non-hydrogen) atoms. The van der Waals surface area contributed by atoms with Crippen LogP contribution in [0.25, 0.3) is 17.2 Å². The molecule has 0 atom stereocenters. The van der Waals surface area contributed by atoms with Crippen molar-refractivity contribution in [2.75, 3.05) is 26.2 Å². The molecule has 0 aliphatic carbocycles. The number of hydrogen-bond donors (Lipinski definition) is 1. The minimum absolute atomic E-state index is 0.131. The van der Waals surface area contributed by atoms with Crippen molar-refractivity contribution >= 4 is 23.1 Å². The number of carbonyl (C=O) groups is 1. The number of benzene rings is 1. The van der Waals surface area contributed by atoms with Crippen LogP contribution in [0.1, 0.15) is 18.4 Å². The fourth-order valence-electron chi connectivity index (χ4n) is 3.33. The second kappa shape index (κ2) is 7.86. The second-order valence-corrected chi connectivity index (χ2v) is 6.85. The number of carbonyl (C=O) groups excluding carboxylic acids is 1. The van der Waals surface area contributed by atoms with E-state index in [9.17, 15) is 4.79 Å². The van der Waals surface area contributed by atoms with E-state index in [1.54, 1.807) is 17.1 Å². The zero-order chi connectivity index (χ0) is 19.5. The maximum absolute atomic E-state index is 12.8. The smallest absolute Gasteiger partial charge is 0.255 e. The van der Waals surface area contributed by atoms with Gasteiger partial charge < -0.3 is 14.6 Å². The number of fused-ring (bicyclic) bond motifs is 1. The van der Waals surface area contributed by atoms with Gasteiger partial charge in [-0.1, -0.05) is 19.6 Å². The molecular formula is C22H24N4O2. The second-order valence-electron chi connectivity index (χ2n) is 6.85. The molecule has 0 spiro atoms. The quantitative estimate of drug-likeness (QED) is 0.831. The Morgan fingerprint density at radius 1 is 1.32 bits per heavy atom. The summed E-state index contributed by atoms with van der Waals surface area (Å²) < 4.78 is 5.70. The summed E-state index contributed by atoms with van der Waals surface area (Å²) in [7, 11) is 0. The van der Waals surface area contributed by atoms with Gasteiger partial charge in [0.2, 0.25) is 0 Å². The SMILES string of the molecule is C=C1C=CC(N2CCNCC2)=CN1C(=O)/C=C/c1ccc2nc(CC)oc2c1. The number of hydrogen-bond acceptors (Lipinski definition) is 5. The van der Waals surface area contributed by atoms with E-state index >= 15 is 0 Å². The Labute approximate surface area is 164 Å². The molecule has 1 amide bonds. The Bertz CT molecular complexity index is 993. The molecule has 144 valence electrons. The Balaban J connectivity index is 1.50. The third-order valence-corrected chi connectivity index (χ3v) is 4.91. The number of aromatic nitrogens is 1. The highest BCUT2D eigenvalue weighted by Crippen LogP contribution is 2.21. The number of aryl methyl sites for hydroxylation is 1. The predicted molar refractivity (Wildman–Crippen MR) is 110 cm³/mol. The van der Waals surface area contributed by atoms with Crippen molar-refractivity contribution in [1.82, 2.24) is 20.1 Å². The first-order valence-corrected chi connectivity index (χ1v) is 9.59. The van der Waals surface area contributed by atoms with E-state index in [0.717, 1.165) is 55.0 Å². The average molecular weight is 376 g/mol. The highest BCUT2D eigenvalue weighted by molar-refractivity contribution is 5.94. The van der Waals surface area contributed by atoms with Crippen LogP contribution >= 0.6 is 0 Å². The summed E-state index contributed by atoms with van der Waals surface area (Å²) in [6.45, 7) is 9.75. The highest BCUT2D eigenvalue weighted by Gasteiger charge is 2.19. The first kappa shape index (κ1) is 18.3. The molecule has 1 fully saturated rings. The van der Waals surface area contributed by atoms with Gasteiger partial charge >= 0.3 is 0 Å². The van der Waals surface area contributed by atoms with E-state index in [0.29, 0.717) is 11.6 Å². The minimum Gasteiger partial charge on any atom is -0.441 e. The molecule has 2 aliphatic heterocycles. The van der Waals surface area contributed by atoms with Crippen LogP contribution in [0.15, 0.2) is 65.0 Å². The molecule has 2 aliphatic rings. The summed E-state index contributed by atoms with van der Waals surface area (Å²) in [6.07, 6.45) is 9.88. The number of nitrogens with zero attached hydrogens (tertiary/aromatic N) is 3. The topological polar surface area (TPSA) is 61.6 Å². The van der Waals surface area contributed by atoms with Crippen molar-refractivity contribution in [3.05, 3.63) is 72.1 Å². The Kier molecular flexibility index (Phi) is 5.12. The van der Waals surface area contributed by atoms with Gasteiger partial charge in [-0.2, -0.15) is 0 Å². The van der Waals surface area contributed by atoms with E-state index in [-0.39, 0.29) is 5.91 Å². The molecule has 6 nitrogen and oxygen atoms in total. The molecule has 2 aromatic rings. The van der Waals surface area contributed by atoms with Gasteiger partial charge in [0.15, 0.2) is 11.5 Å². The summed E-state index contributed by atoms with van der Waals surface area (Å²) in [4.78, 5) is 21.0. The molecule has 1 saturated heterocycles. The van der Waals surface area contributed by atoms with Crippen molar-refractivity contribution in [2.24, 2.45) is 0 Å². The zero-order valence-corrected chi connectivity index (χ0v) is 16.0. The van der Waals surface area contributed by atoms with Crippen molar-refractivity contribution in [3.8, 4) is 0 Å². The lowest BCUT2D eigenvalue weighted by Gasteiger charge is -2.33. The van der Waals surface area contributed by atoms with Gasteiger partial charge in [0.05, 0.1) is 5.70 Å². The average Bonchev–Trinajstić information content (AvgIpc) is 3.15. The Hall–Kier alpha value is -3.12. The number of rotatable bonds is 4. The van der Waals surface area contributed by atoms with Gasteiger partial charge in [-0.05, 0) is 35.9 Å². The van der Waals surface area contributed by atoms with Crippen LogP contribution in [0, 0.1) is 0 Å². The van der Waals surface area contributed by atoms with Crippen LogP contribution in [0.2, 0.25) is 0 Å². The molecule has 0 radical (unpaired) electrons. The summed E-state index contributed by atoms with van der Waals surface area (Å²) in [5.74, 6) is 0.586. The number of oxazole rings is 1. The normalized spacial score (nSPS) is 17.6. The van der Waals surface area contributed by atoms with Crippen molar-refractivity contribution in [3.63, 3.8) is 0 Å². The summed E-state index contributed by atoms with van der Waals surface area (Å²) in [5, 5.41) is 3.34. The number of piperazine rings is 1. The third-order valence-electron chi connectivity index (χ3n) is 4.91. The molecular weight excluding hydrogens is 352 g/mol. The van der Waals surface area contributed by atoms with Crippen molar-refractivity contribution in [1.29, 1.82) is 0 Å². The molecule has 1 aromatic carbocycles. The Morgan fingerprint density at radius 2 is 2.14 bits per heavy atom. The molecule has 1 aromatic heterocycles. The molecule has 1 N–H and O–H groups in total. The lowest BCUT2D eigenvalue weighted by atomic mass is 10.1. The molecule has 0 unspecified atom stereocenters. The van der Waals surface area contributed by atoms with Gasteiger partial charge in [0.1, 0.15) is 5.52 Å². The van der Waals surface area contributed by atoms with Crippen molar-refractivity contribution in [2.45, 2.75) is 13.3 Å². The minimum atomic E-state index is -0.131. The first-order valence-electron chi connectivity index (χ1n) is 9.59. The van der Waals surface area contributed by atoms with Crippen molar-refractivity contribution < 1.29 is 9.21 Å². The first-order chi connectivity index (χ1) is 13.6. The van der Waals surface area contributed by atoms with E-state index < -0.39 is 0 Å². The molecule has 0 saturated carbocycles. The standard InChI is InChI=1S/C22H24N4O2/c1-3-21-24-19-8-5-17(14-20(19)28-21)6-9-22(27)26-15-18(7-4-16(26)2)25-12-10-23-11-13-25/h4-9,14-15,23H,2-3,10-13H2,1H3/b9-6+. The molecule has 0 bridgehead atoms. The van der Waals surface area contributed by atoms with Crippen LogP contribution in [0.5, 0.6) is 0 Å². The van der Waals surface area contributed by atoms with Crippen LogP contribution in [0.3, 0.4) is 0 Å². The van der Waals surface area contributed by atoms with Gasteiger partial charge in [-0.3, -0.25) is 9.69 Å². The maximum atomic E-state index is 12.8. The lowest BCUT2D eigenvalue weighted by Crippen LogP contribution is -2.43. The third kappa shape index (κ3) is 3.77. The fraction of sp³-hybridized carbons (Fsp3) is 0.273. The largest absolute Gasteiger partial charge is 0.441 e. The summed E-state index contributed by atoms with van der Waals surface area (Å²) >= 11 is 0. The van der Waals surface area contributed by atoms with Gasteiger partial charge in [0, 0.05) is 50.6 Å². The number of amides is 1. The van der Waals surface area contributed by atoms with Gasteiger partial charge in [-0.15, -0.1) is 0 Å². The van der Waals surface area contributed by atoms with Crippen LogP contribution in [-0.2, 0) is 11.2 Å². The van der Waals surface area contributed by atoms with E-state index in [1.165, 1.54) is 0 Å². The predicted octanol–water partition coefficient (Wildman–Crippen LogP) is 3.06. The number of nitrogens with one attached hydrogen (secondary N) is 1. The molecule has 6 heteroatoms. The highest BCUT2D eigenvalue weighted by atomic mass is 16.3. The summed E-state index contributed by atoms with van der Waals surface area (Å²) in [5.41, 5.74) is 4.15. The van der Waals surface area contributed by atoms with Crippen LogP contribution < -0.4 is 5.32 Å². The monoisotopic (exact) mass is 376 g/mol. The Morgan fingerprint density at radius 3 is 2.93 bits per heavy atom. The van der Waals surface area contributed by atoms with Crippen LogP contribution in [0.4, 0.5) is 0 Å². The fourth-order valence-corrected chi connectivity index (χ4v) is 3.33.